The Bertz CT molecular complexity index is 488. The lowest BCUT2D eigenvalue weighted by atomic mass is 10.2. The monoisotopic (exact) mass is 223 g/mol. The highest BCUT2D eigenvalue weighted by Crippen LogP contribution is 2.25. The second-order valence-corrected chi connectivity index (χ2v) is 4.27. The summed E-state index contributed by atoms with van der Waals surface area (Å²) in [6.07, 6.45) is 1.94. The molecule has 0 atom stereocenters. The van der Waals surface area contributed by atoms with Gasteiger partial charge in [-0.05, 0) is 17.5 Å². The molecule has 0 aliphatic rings. The Balaban J connectivity index is 2.66. The van der Waals surface area contributed by atoms with Crippen molar-refractivity contribution in [3.05, 3.63) is 34.7 Å². The maximum atomic E-state index is 6.24. The second-order valence-electron chi connectivity index (χ2n) is 3.91. The van der Waals surface area contributed by atoms with Crippen molar-refractivity contribution in [2.75, 3.05) is 0 Å². The summed E-state index contributed by atoms with van der Waals surface area (Å²) in [4.78, 5) is 4.48. The fourth-order valence-corrected chi connectivity index (χ4v) is 1.96. The van der Waals surface area contributed by atoms with Crippen molar-refractivity contribution in [2.24, 2.45) is 5.73 Å². The molecule has 0 aliphatic heterocycles. The Kier molecular flexibility index (Phi) is 2.67. The van der Waals surface area contributed by atoms with Crippen LogP contribution in [0, 0.1) is 0 Å². The third-order valence-electron chi connectivity index (χ3n) is 2.43. The van der Waals surface area contributed by atoms with Gasteiger partial charge in [-0.2, -0.15) is 0 Å². The highest BCUT2D eigenvalue weighted by atomic mass is 35.5. The summed E-state index contributed by atoms with van der Waals surface area (Å²) in [7, 11) is 0. The molecule has 2 aromatic heterocycles. The quantitative estimate of drug-likeness (QED) is 0.851. The number of imidazole rings is 1. The fourth-order valence-electron chi connectivity index (χ4n) is 1.57. The first-order valence-corrected chi connectivity index (χ1v) is 5.37. The molecular formula is C11H14ClN3. The normalized spacial score (nSPS) is 11.5. The van der Waals surface area contributed by atoms with Crippen LogP contribution in [-0.4, -0.2) is 9.38 Å². The van der Waals surface area contributed by atoms with Gasteiger partial charge in [0.2, 0.25) is 0 Å². The average molecular weight is 224 g/mol. The van der Waals surface area contributed by atoms with E-state index in [0.717, 1.165) is 16.9 Å². The first kappa shape index (κ1) is 10.5. The van der Waals surface area contributed by atoms with E-state index in [1.165, 1.54) is 0 Å². The molecule has 0 saturated carbocycles. The van der Waals surface area contributed by atoms with Crippen molar-refractivity contribution >= 4 is 17.2 Å². The molecule has 0 bridgehead atoms. The smallest absolute Gasteiger partial charge is 0.138 e. The van der Waals surface area contributed by atoms with Crippen LogP contribution in [0.2, 0.25) is 5.15 Å². The zero-order valence-corrected chi connectivity index (χ0v) is 9.62. The van der Waals surface area contributed by atoms with Crippen molar-refractivity contribution in [1.82, 2.24) is 9.38 Å². The first-order valence-electron chi connectivity index (χ1n) is 5.00. The van der Waals surface area contributed by atoms with Gasteiger partial charge in [-0.1, -0.05) is 31.5 Å². The van der Waals surface area contributed by atoms with Crippen LogP contribution < -0.4 is 5.73 Å². The van der Waals surface area contributed by atoms with Crippen LogP contribution in [0.3, 0.4) is 0 Å². The largest absolute Gasteiger partial charge is 0.326 e. The van der Waals surface area contributed by atoms with Crippen LogP contribution in [0.1, 0.15) is 31.0 Å². The number of halogens is 1. The third kappa shape index (κ3) is 1.73. The minimum Gasteiger partial charge on any atom is -0.326 e. The number of pyridine rings is 1. The van der Waals surface area contributed by atoms with E-state index < -0.39 is 0 Å². The Hall–Kier alpha value is -1.06. The Labute approximate surface area is 93.9 Å². The summed E-state index contributed by atoms with van der Waals surface area (Å²) in [5.41, 5.74) is 8.45. The van der Waals surface area contributed by atoms with E-state index >= 15 is 0 Å². The Morgan fingerprint density at radius 2 is 2.20 bits per heavy atom. The number of fused-ring (bicyclic) bond motifs is 1. The van der Waals surface area contributed by atoms with Gasteiger partial charge in [-0.3, -0.25) is 4.40 Å². The molecular weight excluding hydrogens is 210 g/mol. The van der Waals surface area contributed by atoms with Crippen LogP contribution in [0.15, 0.2) is 18.3 Å². The fraction of sp³-hybridized carbons (Fsp3) is 0.364. The maximum absolute atomic E-state index is 6.24. The molecule has 0 spiro atoms. The summed E-state index contributed by atoms with van der Waals surface area (Å²) >= 11 is 6.24. The molecule has 15 heavy (non-hydrogen) atoms. The summed E-state index contributed by atoms with van der Waals surface area (Å²) in [5.74, 6) is 0.332. The van der Waals surface area contributed by atoms with Gasteiger partial charge in [0.1, 0.15) is 10.8 Å². The molecule has 0 radical (unpaired) electrons. The van der Waals surface area contributed by atoms with Gasteiger partial charge in [0.25, 0.3) is 0 Å². The Morgan fingerprint density at radius 3 is 2.80 bits per heavy atom. The summed E-state index contributed by atoms with van der Waals surface area (Å²) in [6.45, 7) is 4.68. The standard InChI is InChI=1S/C11H14ClN3/c1-7(2)10-11(12)15-6-8(5-13)3-4-9(15)14-10/h3-4,6-7H,5,13H2,1-2H3. The number of nitrogens with zero attached hydrogens (tertiary/aromatic N) is 2. The van der Waals surface area contributed by atoms with E-state index in [0.29, 0.717) is 17.6 Å². The van der Waals surface area contributed by atoms with E-state index in [9.17, 15) is 0 Å². The number of hydrogen-bond donors (Lipinski definition) is 1. The van der Waals surface area contributed by atoms with Crippen LogP contribution in [0.25, 0.3) is 5.65 Å². The number of nitrogens with two attached hydrogens (primary N) is 1. The van der Waals surface area contributed by atoms with Gasteiger partial charge < -0.3 is 5.73 Å². The van der Waals surface area contributed by atoms with Crippen molar-refractivity contribution in [2.45, 2.75) is 26.3 Å². The van der Waals surface area contributed by atoms with Crippen LogP contribution >= 0.6 is 11.6 Å². The molecule has 4 heteroatoms. The number of rotatable bonds is 2. The molecule has 0 unspecified atom stereocenters. The minimum absolute atomic E-state index is 0.332. The summed E-state index contributed by atoms with van der Waals surface area (Å²) < 4.78 is 1.89. The molecule has 0 aliphatic carbocycles. The molecule has 2 N–H and O–H groups in total. The van der Waals surface area contributed by atoms with E-state index in [4.69, 9.17) is 17.3 Å². The number of hydrogen-bond acceptors (Lipinski definition) is 2. The van der Waals surface area contributed by atoms with Crippen molar-refractivity contribution in [1.29, 1.82) is 0 Å². The van der Waals surface area contributed by atoms with Gasteiger partial charge in [0.15, 0.2) is 0 Å². The molecule has 2 heterocycles. The lowest BCUT2D eigenvalue weighted by molar-refractivity contribution is 0.834. The van der Waals surface area contributed by atoms with Gasteiger partial charge in [0, 0.05) is 12.7 Å². The van der Waals surface area contributed by atoms with Gasteiger partial charge in [-0.15, -0.1) is 0 Å². The molecule has 0 aromatic carbocycles. The third-order valence-corrected chi connectivity index (χ3v) is 2.80. The molecule has 0 fully saturated rings. The van der Waals surface area contributed by atoms with E-state index in [-0.39, 0.29) is 0 Å². The highest BCUT2D eigenvalue weighted by molar-refractivity contribution is 6.30. The first-order chi connectivity index (χ1) is 7.13. The van der Waals surface area contributed by atoms with E-state index in [2.05, 4.69) is 18.8 Å². The van der Waals surface area contributed by atoms with Crippen molar-refractivity contribution in [3.63, 3.8) is 0 Å². The predicted molar refractivity (Wildman–Crippen MR) is 62.2 cm³/mol. The van der Waals surface area contributed by atoms with Crippen LogP contribution in [-0.2, 0) is 6.54 Å². The lowest BCUT2D eigenvalue weighted by Crippen LogP contribution is -1.98. The zero-order chi connectivity index (χ0) is 11.0. The molecule has 2 rings (SSSR count). The second kappa shape index (κ2) is 3.83. The summed E-state index contributed by atoms with van der Waals surface area (Å²) in [6, 6.07) is 3.92. The van der Waals surface area contributed by atoms with Gasteiger partial charge in [0.05, 0.1) is 5.69 Å². The molecule has 0 saturated heterocycles. The molecule has 0 amide bonds. The zero-order valence-electron chi connectivity index (χ0n) is 8.87. The highest BCUT2D eigenvalue weighted by Gasteiger charge is 2.12. The van der Waals surface area contributed by atoms with Gasteiger partial charge >= 0.3 is 0 Å². The van der Waals surface area contributed by atoms with E-state index in [1.807, 2.05) is 22.7 Å². The molecule has 3 nitrogen and oxygen atoms in total. The van der Waals surface area contributed by atoms with Crippen molar-refractivity contribution < 1.29 is 0 Å². The SMILES string of the molecule is CC(C)c1nc2ccc(CN)cn2c1Cl. The topological polar surface area (TPSA) is 43.3 Å². The van der Waals surface area contributed by atoms with E-state index in [1.54, 1.807) is 0 Å². The minimum atomic E-state index is 0.332. The maximum Gasteiger partial charge on any atom is 0.138 e. The Morgan fingerprint density at radius 1 is 1.47 bits per heavy atom. The van der Waals surface area contributed by atoms with Gasteiger partial charge in [-0.25, -0.2) is 4.98 Å². The number of aromatic nitrogens is 2. The average Bonchev–Trinajstić information content (AvgIpc) is 2.56. The summed E-state index contributed by atoms with van der Waals surface area (Å²) in [5, 5.41) is 0.690. The predicted octanol–water partition coefficient (Wildman–Crippen LogP) is 2.57. The lowest BCUT2D eigenvalue weighted by Gasteiger charge is -2.00. The van der Waals surface area contributed by atoms with Crippen LogP contribution in [0.5, 0.6) is 0 Å². The van der Waals surface area contributed by atoms with Crippen LogP contribution in [0.4, 0.5) is 0 Å². The van der Waals surface area contributed by atoms with Crippen molar-refractivity contribution in [3.8, 4) is 0 Å². The molecule has 80 valence electrons. The molecule has 2 aromatic rings.